The maximum Gasteiger partial charge on any atom is 0.411 e. The summed E-state index contributed by atoms with van der Waals surface area (Å²) in [7, 11) is 0. The number of carbonyl (C=O) groups is 3. The van der Waals surface area contributed by atoms with E-state index in [-0.39, 0.29) is 24.2 Å². The Morgan fingerprint density at radius 2 is 1.97 bits per heavy atom. The molecule has 154 valence electrons. The summed E-state index contributed by atoms with van der Waals surface area (Å²) in [6.45, 7) is 6.93. The van der Waals surface area contributed by atoms with Gasteiger partial charge in [0.15, 0.2) is 11.6 Å². The summed E-state index contributed by atoms with van der Waals surface area (Å²) >= 11 is 3.42. The van der Waals surface area contributed by atoms with Gasteiger partial charge in [0, 0.05) is 22.8 Å². The zero-order chi connectivity index (χ0) is 21.1. The fourth-order valence-corrected chi connectivity index (χ4v) is 4.47. The molecule has 2 fully saturated rings. The first-order valence-corrected chi connectivity index (χ1v) is 10.6. The minimum atomic E-state index is -0.611. The minimum Gasteiger partial charge on any atom is -0.444 e. The molecule has 0 N–H and O–H groups in total. The van der Waals surface area contributed by atoms with Gasteiger partial charge in [-0.2, -0.15) is 5.10 Å². The van der Waals surface area contributed by atoms with Crippen LogP contribution >= 0.6 is 15.9 Å². The molecule has 1 aliphatic carbocycles. The first kappa shape index (κ1) is 20.1. The zero-order valence-electron chi connectivity index (χ0n) is 16.9. The Morgan fingerprint density at radius 3 is 2.62 bits per heavy atom. The molecule has 3 atom stereocenters. The van der Waals surface area contributed by atoms with E-state index in [0.29, 0.717) is 23.4 Å². The molecule has 8 heteroatoms. The molecule has 1 unspecified atom stereocenters. The van der Waals surface area contributed by atoms with Crippen LogP contribution in [0.1, 0.15) is 51.0 Å². The maximum atomic E-state index is 13.1. The van der Waals surface area contributed by atoms with E-state index in [1.807, 2.05) is 39.0 Å². The Balaban J connectivity index is 1.59. The largest absolute Gasteiger partial charge is 0.444 e. The highest BCUT2D eigenvalue weighted by atomic mass is 79.9. The van der Waals surface area contributed by atoms with Crippen molar-refractivity contribution in [3.63, 3.8) is 0 Å². The SMILES string of the molecule is CC(=O)c1nn(CC(=O)C2C[C@@H]3C[C@H]3N2C(=O)OC(C)(C)C)c2ccc(Br)cc12. The Morgan fingerprint density at radius 1 is 1.24 bits per heavy atom. The van der Waals surface area contributed by atoms with Gasteiger partial charge in [0.05, 0.1) is 11.6 Å². The van der Waals surface area contributed by atoms with Gasteiger partial charge >= 0.3 is 6.09 Å². The molecule has 7 nitrogen and oxygen atoms in total. The van der Waals surface area contributed by atoms with Gasteiger partial charge in [0.2, 0.25) is 0 Å². The lowest BCUT2D eigenvalue weighted by Crippen LogP contribution is -2.46. The molecule has 1 aromatic heterocycles. The predicted molar refractivity (Wildman–Crippen MR) is 111 cm³/mol. The Labute approximate surface area is 177 Å². The number of aromatic nitrogens is 2. The van der Waals surface area contributed by atoms with Crippen molar-refractivity contribution in [2.75, 3.05) is 0 Å². The Hall–Kier alpha value is -2.22. The van der Waals surface area contributed by atoms with Crippen molar-refractivity contribution in [1.29, 1.82) is 0 Å². The van der Waals surface area contributed by atoms with Crippen LogP contribution in [0.15, 0.2) is 22.7 Å². The number of fused-ring (bicyclic) bond motifs is 2. The van der Waals surface area contributed by atoms with E-state index in [1.54, 1.807) is 9.58 Å². The molecule has 0 spiro atoms. The summed E-state index contributed by atoms with van der Waals surface area (Å²) in [5.41, 5.74) is 0.450. The van der Waals surface area contributed by atoms with E-state index < -0.39 is 17.7 Å². The highest BCUT2D eigenvalue weighted by molar-refractivity contribution is 9.10. The van der Waals surface area contributed by atoms with E-state index in [1.165, 1.54) is 6.92 Å². The predicted octanol–water partition coefficient (Wildman–Crippen LogP) is 3.97. The normalized spacial score (nSPS) is 23.2. The molecule has 1 amide bonds. The lowest BCUT2D eigenvalue weighted by Gasteiger charge is -2.29. The number of piperidine rings is 1. The smallest absolute Gasteiger partial charge is 0.411 e. The number of hydrogen-bond donors (Lipinski definition) is 0. The highest BCUT2D eigenvalue weighted by Crippen LogP contribution is 2.48. The van der Waals surface area contributed by atoms with Crippen LogP contribution in [0.4, 0.5) is 4.79 Å². The van der Waals surface area contributed by atoms with Crippen LogP contribution in [0.5, 0.6) is 0 Å². The molecule has 0 radical (unpaired) electrons. The number of carbonyl (C=O) groups excluding carboxylic acids is 3. The van der Waals surface area contributed by atoms with Crippen molar-refractivity contribution in [2.24, 2.45) is 5.92 Å². The summed E-state index contributed by atoms with van der Waals surface area (Å²) in [5, 5.41) is 5.10. The number of halogens is 1. The van der Waals surface area contributed by atoms with Gasteiger partial charge in [-0.25, -0.2) is 4.79 Å². The van der Waals surface area contributed by atoms with Gasteiger partial charge < -0.3 is 4.74 Å². The molecule has 1 aliphatic heterocycles. The molecular weight excluding hydrogens is 438 g/mol. The number of ether oxygens (including phenoxy) is 1. The molecule has 0 bridgehead atoms. The number of Topliss-reactive ketones (excluding diaryl/α,β-unsaturated/α-hetero) is 2. The van der Waals surface area contributed by atoms with E-state index in [4.69, 9.17) is 4.74 Å². The van der Waals surface area contributed by atoms with Gasteiger partial charge in [-0.1, -0.05) is 15.9 Å². The van der Waals surface area contributed by atoms with Gasteiger partial charge in [0.25, 0.3) is 0 Å². The summed E-state index contributed by atoms with van der Waals surface area (Å²) < 4.78 is 7.94. The van der Waals surface area contributed by atoms with Crippen LogP contribution in [0.2, 0.25) is 0 Å². The second kappa shape index (κ2) is 6.93. The fourth-order valence-electron chi connectivity index (χ4n) is 4.11. The second-order valence-corrected chi connectivity index (χ2v) is 9.81. The summed E-state index contributed by atoms with van der Waals surface area (Å²) in [4.78, 5) is 39.5. The molecule has 2 aromatic rings. The minimum absolute atomic E-state index is 0.00875. The third kappa shape index (κ3) is 3.82. The number of hydrogen-bond acceptors (Lipinski definition) is 5. The lowest BCUT2D eigenvalue weighted by molar-refractivity contribution is -0.124. The van der Waals surface area contributed by atoms with Crippen molar-refractivity contribution in [2.45, 2.75) is 64.8 Å². The molecule has 2 aliphatic rings. The van der Waals surface area contributed by atoms with Crippen LogP contribution in [0, 0.1) is 5.92 Å². The van der Waals surface area contributed by atoms with Crippen LogP contribution in [-0.2, 0) is 16.1 Å². The highest BCUT2D eigenvalue weighted by Gasteiger charge is 2.56. The Kier molecular flexibility index (Phi) is 4.80. The third-order valence-corrected chi connectivity index (χ3v) is 5.93. The van der Waals surface area contributed by atoms with Crippen LogP contribution in [0.25, 0.3) is 10.9 Å². The Bertz CT molecular complexity index is 1020. The van der Waals surface area contributed by atoms with Gasteiger partial charge in [-0.3, -0.25) is 19.2 Å². The van der Waals surface area contributed by atoms with Crippen molar-refractivity contribution >= 4 is 44.5 Å². The molecule has 4 rings (SSSR count). The number of ketones is 2. The van der Waals surface area contributed by atoms with Crippen molar-refractivity contribution in [1.82, 2.24) is 14.7 Å². The molecule has 1 saturated heterocycles. The first-order valence-electron chi connectivity index (χ1n) is 9.76. The molecule has 1 saturated carbocycles. The van der Waals surface area contributed by atoms with Crippen LogP contribution < -0.4 is 0 Å². The fraction of sp³-hybridized carbons (Fsp3) is 0.524. The standard InChI is InChI=1S/C21H24BrN3O4/c1-11(26)19-14-9-13(22)5-6-15(14)24(23-19)10-18(27)17-8-12-7-16(12)25(17)20(28)29-21(2,3)4/h5-6,9,12,16-17H,7-8,10H2,1-4H3/t12-,16+,17?/m0/s1. The van der Waals surface area contributed by atoms with Crippen LogP contribution in [0.3, 0.4) is 0 Å². The number of nitrogens with zero attached hydrogens (tertiary/aromatic N) is 3. The summed E-state index contributed by atoms with van der Waals surface area (Å²) in [5.74, 6) is 0.122. The van der Waals surface area contributed by atoms with Crippen molar-refractivity contribution < 1.29 is 19.1 Å². The van der Waals surface area contributed by atoms with E-state index in [0.717, 1.165) is 16.4 Å². The van der Waals surface area contributed by atoms with Crippen molar-refractivity contribution in [3.8, 4) is 0 Å². The first-order chi connectivity index (χ1) is 13.5. The number of rotatable bonds is 4. The number of benzene rings is 1. The number of amides is 1. The maximum absolute atomic E-state index is 13.1. The summed E-state index contributed by atoms with van der Waals surface area (Å²) in [6, 6.07) is 5.11. The van der Waals surface area contributed by atoms with Gasteiger partial charge in [-0.15, -0.1) is 0 Å². The zero-order valence-corrected chi connectivity index (χ0v) is 18.5. The molecule has 2 heterocycles. The molecule has 1 aromatic carbocycles. The third-order valence-electron chi connectivity index (χ3n) is 5.43. The molecule has 29 heavy (non-hydrogen) atoms. The monoisotopic (exact) mass is 461 g/mol. The average molecular weight is 462 g/mol. The second-order valence-electron chi connectivity index (χ2n) is 8.89. The number of likely N-dealkylation sites (tertiary alicyclic amines) is 1. The topological polar surface area (TPSA) is 81.5 Å². The molecular formula is C21H24BrN3O4. The van der Waals surface area contributed by atoms with E-state index in [2.05, 4.69) is 21.0 Å². The van der Waals surface area contributed by atoms with E-state index in [9.17, 15) is 14.4 Å². The quantitative estimate of drug-likeness (QED) is 0.643. The van der Waals surface area contributed by atoms with Crippen LogP contribution in [-0.4, -0.2) is 50.0 Å². The van der Waals surface area contributed by atoms with Gasteiger partial charge in [-0.05, 0) is 57.7 Å². The lowest BCUT2D eigenvalue weighted by atomic mass is 10.1. The summed E-state index contributed by atoms with van der Waals surface area (Å²) in [6.07, 6.45) is 1.16. The van der Waals surface area contributed by atoms with E-state index >= 15 is 0 Å². The van der Waals surface area contributed by atoms with Crippen molar-refractivity contribution in [3.05, 3.63) is 28.4 Å². The average Bonchev–Trinajstić information content (AvgIpc) is 3.11. The van der Waals surface area contributed by atoms with Gasteiger partial charge in [0.1, 0.15) is 17.8 Å².